The second-order valence-electron chi connectivity index (χ2n) is 8.33. The standard InChI is InChI=1S/C25H25FN6O3S/c1-13(15-9-34-10-15)35-20-7-14(16(8-28-2)24(27)33-3)6-19-21(20)25(30-11-29-19)32-17-4-5-18-23(22(17)26)36-12-31-18/h4-8,11-13,15H,9-10,27H2,1-3H3,(H,29,30,32)/b24-16-,28-8?. The van der Waals surface area contributed by atoms with Crippen LogP contribution < -0.4 is 15.8 Å². The van der Waals surface area contributed by atoms with Crippen molar-refractivity contribution in [3.05, 3.63) is 53.4 Å². The lowest BCUT2D eigenvalue weighted by Crippen LogP contribution is -2.39. The largest absolute Gasteiger partial charge is 0.489 e. The normalized spacial score (nSPS) is 15.7. The van der Waals surface area contributed by atoms with Gasteiger partial charge in [0, 0.05) is 19.2 Å². The summed E-state index contributed by atoms with van der Waals surface area (Å²) in [5.74, 6) is 1.01. The molecule has 11 heteroatoms. The molecule has 2 aromatic heterocycles. The van der Waals surface area contributed by atoms with E-state index in [0.717, 1.165) is 0 Å². The Morgan fingerprint density at radius 3 is 2.83 bits per heavy atom. The predicted octanol–water partition coefficient (Wildman–Crippen LogP) is 4.51. The van der Waals surface area contributed by atoms with Crippen LogP contribution >= 0.6 is 11.3 Å². The summed E-state index contributed by atoms with van der Waals surface area (Å²) >= 11 is 1.24. The lowest BCUT2D eigenvalue weighted by atomic mass is 10.0. The number of thiazole rings is 1. The number of aromatic nitrogens is 3. The third-order valence-corrected chi connectivity index (χ3v) is 6.92. The van der Waals surface area contributed by atoms with Crippen LogP contribution in [0.5, 0.6) is 5.75 Å². The van der Waals surface area contributed by atoms with Crippen LogP contribution in [0, 0.1) is 11.7 Å². The average Bonchev–Trinajstić information content (AvgIpc) is 3.32. The molecule has 9 nitrogen and oxygen atoms in total. The minimum Gasteiger partial charge on any atom is -0.489 e. The van der Waals surface area contributed by atoms with Crippen molar-refractivity contribution >= 4 is 55.7 Å². The van der Waals surface area contributed by atoms with Gasteiger partial charge in [-0.25, -0.2) is 19.3 Å². The first kappa shape index (κ1) is 23.9. The number of rotatable bonds is 8. The molecule has 0 radical (unpaired) electrons. The van der Waals surface area contributed by atoms with Gasteiger partial charge in [-0.05, 0) is 36.8 Å². The van der Waals surface area contributed by atoms with Crippen LogP contribution in [0.2, 0.25) is 0 Å². The number of aliphatic imine (C=N–C) groups is 1. The summed E-state index contributed by atoms with van der Waals surface area (Å²) in [5, 5.41) is 3.75. The zero-order chi connectivity index (χ0) is 25.2. The van der Waals surface area contributed by atoms with Crippen molar-refractivity contribution in [2.24, 2.45) is 16.6 Å². The van der Waals surface area contributed by atoms with Gasteiger partial charge in [0.2, 0.25) is 0 Å². The van der Waals surface area contributed by atoms with Crippen LogP contribution in [0.1, 0.15) is 12.5 Å². The number of nitrogens with two attached hydrogens (primary N) is 1. The summed E-state index contributed by atoms with van der Waals surface area (Å²) in [6.07, 6.45) is 2.90. The number of halogens is 1. The van der Waals surface area contributed by atoms with Crippen molar-refractivity contribution < 1.29 is 18.6 Å². The Bertz CT molecular complexity index is 1480. The van der Waals surface area contributed by atoms with Crippen molar-refractivity contribution in [2.45, 2.75) is 13.0 Å². The number of hydrogen-bond acceptors (Lipinski definition) is 10. The average molecular weight is 509 g/mol. The maximum Gasteiger partial charge on any atom is 0.193 e. The number of fused-ring (bicyclic) bond motifs is 2. The zero-order valence-electron chi connectivity index (χ0n) is 20.0. The van der Waals surface area contributed by atoms with Crippen LogP contribution in [0.3, 0.4) is 0 Å². The number of nitrogens with one attached hydrogen (secondary N) is 1. The summed E-state index contributed by atoms with van der Waals surface area (Å²) in [6, 6.07) is 7.10. The van der Waals surface area contributed by atoms with Gasteiger partial charge in [0.15, 0.2) is 11.7 Å². The van der Waals surface area contributed by atoms with Gasteiger partial charge < -0.3 is 25.3 Å². The molecule has 1 aliphatic heterocycles. The summed E-state index contributed by atoms with van der Waals surface area (Å²) < 4.78 is 32.7. The number of nitrogens with zero attached hydrogens (tertiary/aromatic N) is 4. The molecule has 36 heavy (non-hydrogen) atoms. The maximum absolute atomic E-state index is 15.2. The Labute approximate surface area is 210 Å². The Morgan fingerprint density at radius 1 is 1.28 bits per heavy atom. The lowest BCUT2D eigenvalue weighted by molar-refractivity contribution is -0.0773. The third kappa shape index (κ3) is 4.42. The molecule has 1 atom stereocenters. The molecule has 2 aromatic carbocycles. The van der Waals surface area contributed by atoms with Crippen molar-refractivity contribution in [3.8, 4) is 5.75 Å². The number of allylic oxidation sites excluding steroid dienone is 1. The van der Waals surface area contributed by atoms with Crippen LogP contribution in [0.15, 0.2) is 47.0 Å². The number of hydrogen-bond donors (Lipinski definition) is 2. The summed E-state index contributed by atoms with van der Waals surface area (Å²) in [4.78, 5) is 17.2. The van der Waals surface area contributed by atoms with E-state index in [-0.39, 0.29) is 23.6 Å². The molecule has 0 saturated carbocycles. The molecule has 0 amide bonds. The highest BCUT2D eigenvalue weighted by Crippen LogP contribution is 2.37. The molecule has 5 rings (SSSR count). The van der Waals surface area contributed by atoms with Crippen molar-refractivity contribution in [2.75, 3.05) is 32.7 Å². The summed E-state index contributed by atoms with van der Waals surface area (Å²) in [7, 11) is 3.15. The quantitative estimate of drug-likeness (QED) is 0.264. The predicted molar refractivity (Wildman–Crippen MR) is 139 cm³/mol. The Balaban J connectivity index is 1.66. The maximum atomic E-state index is 15.2. The highest BCUT2D eigenvalue weighted by Gasteiger charge is 2.28. The lowest BCUT2D eigenvalue weighted by Gasteiger charge is -2.32. The molecule has 3 N–H and O–H groups in total. The molecule has 3 heterocycles. The molecule has 1 aliphatic rings. The van der Waals surface area contributed by atoms with Crippen molar-refractivity contribution in [1.82, 2.24) is 15.0 Å². The molecule has 4 aromatic rings. The monoisotopic (exact) mass is 508 g/mol. The van der Waals surface area contributed by atoms with E-state index in [1.54, 1.807) is 30.9 Å². The van der Waals surface area contributed by atoms with Gasteiger partial charge in [0.1, 0.15) is 24.0 Å². The van der Waals surface area contributed by atoms with Crippen LogP contribution in [0.25, 0.3) is 26.7 Å². The van der Waals surface area contributed by atoms with E-state index in [2.05, 4.69) is 25.3 Å². The van der Waals surface area contributed by atoms with Gasteiger partial charge in [-0.15, -0.1) is 11.3 Å². The molecular formula is C25H25FN6O3S. The highest BCUT2D eigenvalue weighted by molar-refractivity contribution is 7.16. The molecule has 186 valence electrons. The highest BCUT2D eigenvalue weighted by atomic mass is 32.1. The second-order valence-corrected chi connectivity index (χ2v) is 9.19. The molecule has 1 fully saturated rings. The summed E-state index contributed by atoms with van der Waals surface area (Å²) in [5.41, 5.74) is 10.5. The van der Waals surface area contributed by atoms with Crippen LogP contribution in [-0.4, -0.2) is 54.6 Å². The molecule has 1 saturated heterocycles. The number of methoxy groups -OCH3 is 1. The van der Waals surface area contributed by atoms with E-state index >= 15 is 4.39 Å². The van der Waals surface area contributed by atoms with Gasteiger partial charge in [-0.2, -0.15) is 0 Å². The van der Waals surface area contributed by atoms with E-state index in [1.807, 2.05) is 19.1 Å². The third-order valence-electron chi connectivity index (χ3n) is 6.09. The molecule has 0 bridgehead atoms. The van der Waals surface area contributed by atoms with E-state index in [9.17, 15) is 0 Å². The Hall–Kier alpha value is -3.83. The fraction of sp³-hybridized carbons (Fsp3) is 0.280. The minimum absolute atomic E-state index is 0.137. The van der Waals surface area contributed by atoms with Crippen molar-refractivity contribution in [1.29, 1.82) is 0 Å². The summed E-state index contributed by atoms with van der Waals surface area (Å²) in [6.45, 7) is 3.25. The SMILES string of the molecule is CN=C/C(=C(\N)OC)c1cc(OC(C)C2COC2)c2c(Nc3ccc4ncsc4c3F)ncnc2c1. The smallest absolute Gasteiger partial charge is 0.193 e. The number of benzene rings is 2. The van der Waals surface area contributed by atoms with E-state index in [4.69, 9.17) is 19.9 Å². The topological polar surface area (TPSA) is 117 Å². The Kier molecular flexibility index (Phi) is 6.66. The fourth-order valence-electron chi connectivity index (χ4n) is 3.96. The number of anilines is 2. The first-order valence-electron chi connectivity index (χ1n) is 11.3. The Morgan fingerprint density at radius 2 is 2.11 bits per heavy atom. The van der Waals surface area contributed by atoms with Gasteiger partial charge in [0.05, 0.1) is 58.2 Å². The zero-order valence-corrected chi connectivity index (χ0v) is 20.8. The minimum atomic E-state index is -0.391. The number of ether oxygens (including phenoxy) is 3. The molecule has 0 aliphatic carbocycles. The first-order chi connectivity index (χ1) is 17.5. The van der Waals surface area contributed by atoms with Gasteiger partial charge in [-0.3, -0.25) is 4.99 Å². The molecule has 0 spiro atoms. The van der Waals surface area contributed by atoms with E-state index in [1.165, 1.54) is 24.8 Å². The van der Waals surface area contributed by atoms with Crippen LogP contribution in [0.4, 0.5) is 15.9 Å². The molecular weight excluding hydrogens is 483 g/mol. The van der Waals surface area contributed by atoms with Crippen molar-refractivity contribution in [3.63, 3.8) is 0 Å². The van der Waals surface area contributed by atoms with Crippen LogP contribution in [-0.2, 0) is 9.47 Å². The van der Waals surface area contributed by atoms with E-state index in [0.29, 0.717) is 57.0 Å². The van der Waals surface area contributed by atoms with E-state index < -0.39 is 5.82 Å². The van der Waals surface area contributed by atoms with Gasteiger partial charge in [-0.1, -0.05) is 0 Å². The first-order valence-corrected chi connectivity index (χ1v) is 12.2. The second kappa shape index (κ2) is 10.0. The van der Waals surface area contributed by atoms with Gasteiger partial charge in [0.25, 0.3) is 0 Å². The fourth-order valence-corrected chi connectivity index (χ4v) is 4.68. The molecule has 1 unspecified atom stereocenters. The van der Waals surface area contributed by atoms with Gasteiger partial charge >= 0.3 is 0 Å².